The van der Waals surface area contributed by atoms with E-state index in [-0.39, 0.29) is 32.7 Å². The third-order valence-corrected chi connectivity index (χ3v) is 7.92. The van der Waals surface area contributed by atoms with Gasteiger partial charge in [0.05, 0.1) is 11.4 Å². The normalized spacial score (nSPS) is 15.8. The van der Waals surface area contributed by atoms with Crippen LogP contribution in [-0.4, -0.2) is 31.3 Å². The molecule has 1 aliphatic rings. The maximum Gasteiger partial charge on any atom is 0.249 e. The number of nitrogens with zero attached hydrogens (tertiary/aromatic N) is 3. The Morgan fingerprint density at radius 2 is 1.97 bits per heavy atom. The molecule has 2 aromatic heterocycles. The van der Waals surface area contributed by atoms with Crippen molar-refractivity contribution < 1.29 is 17.6 Å². The average Bonchev–Trinajstić information content (AvgIpc) is 3.29. The van der Waals surface area contributed by atoms with Gasteiger partial charge in [-0.05, 0) is 55.2 Å². The highest BCUT2D eigenvalue weighted by Gasteiger charge is 2.32. The monoisotopic (exact) mass is 446 g/mol. The van der Waals surface area contributed by atoms with Crippen molar-refractivity contribution in [3.63, 3.8) is 0 Å². The minimum atomic E-state index is -3.90. The van der Waals surface area contributed by atoms with Gasteiger partial charge < -0.3 is 0 Å². The number of rotatable bonds is 4. The predicted octanol–water partition coefficient (Wildman–Crippen LogP) is 2.68. The zero-order valence-corrected chi connectivity index (χ0v) is 17.9. The molecule has 0 fully saturated rings. The zero-order valence-electron chi connectivity index (χ0n) is 16.3. The van der Waals surface area contributed by atoms with E-state index in [2.05, 4.69) is 9.97 Å². The summed E-state index contributed by atoms with van der Waals surface area (Å²) < 4.78 is 37.9. The van der Waals surface area contributed by atoms with Crippen LogP contribution in [0.2, 0.25) is 0 Å². The number of thiazole rings is 1. The van der Waals surface area contributed by atoms with Crippen LogP contribution in [-0.2, 0) is 27.7 Å². The van der Waals surface area contributed by atoms with Crippen molar-refractivity contribution in [2.45, 2.75) is 24.0 Å². The van der Waals surface area contributed by atoms with Crippen LogP contribution in [0.1, 0.15) is 16.8 Å². The molecule has 1 atom stereocenters. The van der Waals surface area contributed by atoms with Crippen LogP contribution in [0.15, 0.2) is 40.7 Å². The molecule has 156 valence electrons. The molecule has 1 aromatic carbocycles. The quantitative estimate of drug-likeness (QED) is 0.663. The number of fused-ring (bicyclic) bond motifs is 1. The molecule has 1 aliphatic carbocycles. The van der Waals surface area contributed by atoms with Gasteiger partial charge in [-0.3, -0.25) is 14.7 Å². The number of benzene rings is 1. The van der Waals surface area contributed by atoms with Crippen LogP contribution >= 0.6 is 11.3 Å². The lowest BCUT2D eigenvalue weighted by molar-refractivity contribution is -0.121. The van der Waals surface area contributed by atoms with Gasteiger partial charge in [-0.2, -0.15) is 0 Å². The number of halogens is 1. The average molecular weight is 447 g/mol. The summed E-state index contributed by atoms with van der Waals surface area (Å²) in [7, 11) is -2.35. The molecule has 0 aliphatic heterocycles. The Kier molecular flexibility index (Phi) is 5.16. The molecule has 0 spiro atoms. The van der Waals surface area contributed by atoms with Gasteiger partial charge >= 0.3 is 0 Å². The number of amides is 1. The lowest BCUT2D eigenvalue weighted by Gasteiger charge is -2.18. The van der Waals surface area contributed by atoms with Gasteiger partial charge in [0.2, 0.25) is 15.9 Å². The van der Waals surface area contributed by atoms with E-state index < -0.39 is 10.0 Å². The van der Waals surface area contributed by atoms with Crippen molar-refractivity contribution in [1.29, 1.82) is 0 Å². The third-order valence-electron chi connectivity index (χ3n) is 5.13. The van der Waals surface area contributed by atoms with Gasteiger partial charge in [0, 0.05) is 24.7 Å². The summed E-state index contributed by atoms with van der Waals surface area (Å²) in [5, 5.41) is 5.46. The van der Waals surface area contributed by atoms with Crippen molar-refractivity contribution in [3.8, 4) is 11.3 Å². The van der Waals surface area contributed by atoms with E-state index in [1.54, 1.807) is 37.5 Å². The lowest BCUT2D eigenvalue weighted by Crippen LogP contribution is -2.33. The molecule has 7 nitrogen and oxygen atoms in total. The first-order valence-corrected chi connectivity index (χ1v) is 11.5. The first-order valence-electron chi connectivity index (χ1n) is 9.15. The molecule has 0 bridgehead atoms. The molecule has 4 rings (SSSR count). The number of primary sulfonamides is 1. The second-order valence-electron chi connectivity index (χ2n) is 7.23. The summed E-state index contributed by atoms with van der Waals surface area (Å²) in [6.07, 6.45) is 2.48. The summed E-state index contributed by atoms with van der Waals surface area (Å²) in [5.41, 5.74) is 2.90. The summed E-state index contributed by atoms with van der Waals surface area (Å²) in [6.45, 7) is 1.53. The molecule has 0 saturated carbocycles. The Morgan fingerprint density at radius 1 is 1.27 bits per heavy atom. The van der Waals surface area contributed by atoms with Gasteiger partial charge in [-0.15, -0.1) is 0 Å². The number of hydrogen-bond acceptors (Lipinski definition) is 6. The Morgan fingerprint density at radius 3 is 2.57 bits per heavy atom. The Bertz CT molecular complexity index is 1240. The van der Waals surface area contributed by atoms with E-state index >= 15 is 0 Å². The van der Waals surface area contributed by atoms with Crippen molar-refractivity contribution in [1.82, 2.24) is 9.97 Å². The zero-order chi connectivity index (χ0) is 21.6. The van der Waals surface area contributed by atoms with E-state index in [0.717, 1.165) is 22.5 Å². The largest absolute Gasteiger partial charge is 0.291 e. The smallest absolute Gasteiger partial charge is 0.249 e. The molecule has 1 unspecified atom stereocenters. The fourth-order valence-electron chi connectivity index (χ4n) is 3.68. The van der Waals surface area contributed by atoms with E-state index in [1.807, 2.05) is 0 Å². The second-order valence-corrected chi connectivity index (χ2v) is 9.97. The Labute approximate surface area is 177 Å². The summed E-state index contributed by atoms with van der Waals surface area (Å²) >= 11 is 0.860. The van der Waals surface area contributed by atoms with Gasteiger partial charge in [-0.1, -0.05) is 17.4 Å². The fraction of sp³-hybridized carbons (Fsp3) is 0.250. The Hall–Kier alpha value is -2.69. The highest BCUT2D eigenvalue weighted by Crippen LogP contribution is 2.35. The third kappa shape index (κ3) is 3.73. The van der Waals surface area contributed by atoms with Crippen LogP contribution < -0.4 is 10.0 Å². The molecule has 2 N–H and O–H groups in total. The van der Waals surface area contributed by atoms with Gasteiger partial charge in [-0.25, -0.2) is 22.9 Å². The number of sulfonamides is 1. The molecule has 3 aromatic rings. The SMILES string of the molecule is Cc1nc(N(C)C(=O)C2Cc3cc(F)c(-c4ccccn4)cc3C2)sc1S(N)(=O)=O. The number of nitrogens with two attached hydrogens (primary N) is 1. The molecular formula is C20H19FN4O3S2. The summed E-state index contributed by atoms with van der Waals surface area (Å²) in [6, 6.07) is 8.53. The number of anilines is 1. The number of carbonyl (C=O) groups is 1. The number of carbonyl (C=O) groups excluding carboxylic acids is 1. The number of hydrogen-bond donors (Lipinski definition) is 1. The van der Waals surface area contributed by atoms with Crippen LogP contribution in [0.25, 0.3) is 11.3 Å². The van der Waals surface area contributed by atoms with Crippen molar-refractivity contribution in [3.05, 3.63) is 59.2 Å². The van der Waals surface area contributed by atoms with Crippen molar-refractivity contribution in [2.24, 2.45) is 11.1 Å². The maximum atomic E-state index is 14.6. The molecule has 0 saturated heterocycles. The van der Waals surface area contributed by atoms with E-state index in [1.165, 1.54) is 17.9 Å². The molecule has 2 heterocycles. The highest BCUT2D eigenvalue weighted by molar-refractivity contribution is 7.91. The van der Waals surface area contributed by atoms with Crippen molar-refractivity contribution >= 4 is 32.4 Å². The molecule has 0 radical (unpaired) electrons. The van der Waals surface area contributed by atoms with Gasteiger partial charge in [0.15, 0.2) is 9.34 Å². The molecule has 10 heteroatoms. The lowest BCUT2D eigenvalue weighted by atomic mass is 10.0. The van der Waals surface area contributed by atoms with Crippen LogP contribution in [0.3, 0.4) is 0 Å². The van der Waals surface area contributed by atoms with Crippen molar-refractivity contribution in [2.75, 3.05) is 11.9 Å². The molecule has 30 heavy (non-hydrogen) atoms. The summed E-state index contributed by atoms with van der Waals surface area (Å²) in [5.74, 6) is -0.964. The standard InChI is InChI=1S/C20H19FN4O3S2/c1-11-19(30(22,27)28)29-20(24-11)25(2)18(26)14-7-12-9-15(16(21)10-13(12)8-14)17-5-3-4-6-23-17/h3-6,9-10,14H,7-8H2,1-2H3,(H2,22,27,28). The molecule has 1 amide bonds. The Balaban J connectivity index is 1.58. The fourth-order valence-corrected chi connectivity index (χ4v) is 5.59. The topological polar surface area (TPSA) is 106 Å². The number of aryl methyl sites for hydroxylation is 1. The second kappa shape index (κ2) is 7.53. The van der Waals surface area contributed by atoms with Crippen LogP contribution in [0, 0.1) is 18.7 Å². The van der Waals surface area contributed by atoms with Crippen LogP contribution in [0.5, 0.6) is 0 Å². The first kappa shape index (κ1) is 20.6. The maximum absolute atomic E-state index is 14.6. The van der Waals surface area contributed by atoms with Crippen LogP contribution in [0.4, 0.5) is 9.52 Å². The summed E-state index contributed by atoms with van der Waals surface area (Å²) in [4.78, 5) is 22.8. The molecular weight excluding hydrogens is 427 g/mol. The number of aromatic nitrogens is 2. The highest BCUT2D eigenvalue weighted by atomic mass is 32.2. The van der Waals surface area contributed by atoms with E-state index in [4.69, 9.17) is 5.14 Å². The minimum absolute atomic E-state index is 0.0612. The first-order chi connectivity index (χ1) is 14.1. The van der Waals surface area contributed by atoms with Gasteiger partial charge in [0.25, 0.3) is 0 Å². The number of pyridine rings is 1. The minimum Gasteiger partial charge on any atom is -0.291 e. The van der Waals surface area contributed by atoms with E-state index in [0.29, 0.717) is 24.1 Å². The van der Waals surface area contributed by atoms with E-state index in [9.17, 15) is 17.6 Å². The predicted molar refractivity (Wildman–Crippen MR) is 112 cm³/mol. The van der Waals surface area contributed by atoms with Gasteiger partial charge in [0.1, 0.15) is 5.82 Å².